The molecule has 0 amide bonds. The Hall–Kier alpha value is -2.25. The number of fused-ring (bicyclic) bond motifs is 1. The van der Waals surface area contributed by atoms with Gasteiger partial charge >= 0.3 is 0 Å². The smallest absolute Gasteiger partial charge is 0.210 e. The van der Waals surface area contributed by atoms with E-state index < -0.39 is 0 Å². The third kappa shape index (κ3) is 3.25. The summed E-state index contributed by atoms with van der Waals surface area (Å²) in [5.41, 5.74) is 2.23. The zero-order valence-electron chi connectivity index (χ0n) is 12.2. The summed E-state index contributed by atoms with van der Waals surface area (Å²) in [4.78, 5) is 4.65. The van der Waals surface area contributed by atoms with Gasteiger partial charge in [0.2, 0.25) is 5.16 Å². The minimum Gasteiger partial charge on any atom is -0.240 e. The van der Waals surface area contributed by atoms with Gasteiger partial charge in [0.1, 0.15) is 5.01 Å². The maximum absolute atomic E-state index is 4.65. The van der Waals surface area contributed by atoms with Gasteiger partial charge in [-0.05, 0) is 28.1 Å². The quantitative estimate of drug-likeness (QED) is 0.520. The van der Waals surface area contributed by atoms with Crippen molar-refractivity contribution in [2.24, 2.45) is 0 Å². The van der Waals surface area contributed by atoms with Crippen LogP contribution in [0.2, 0.25) is 0 Å². The van der Waals surface area contributed by atoms with Crippen molar-refractivity contribution in [3.8, 4) is 0 Å². The van der Waals surface area contributed by atoms with Crippen molar-refractivity contribution in [3.05, 3.63) is 65.2 Å². The van der Waals surface area contributed by atoms with Gasteiger partial charge in [-0.3, -0.25) is 0 Å². The Bertz CT molecular complexity index is 883. The van der Waals surface area contributed by atoms with E-state index in [0.29, 0.717) is 6.54 Å². The molecule has 0 radical (unpaired) electrons. The Kier molecular flexibility index (Phi) is 4.04. The van der Waals surface area contributed by atoms with E-state index in [4.69, 9.17) is 0 Å². The van der Waals surface area contributed by atoms with Crippen molar-refractivity contribution in [2.45, 2.75) is 17.5 Å². The molecule has 0 aliphatic heterocycles. The lowest BCUT2D eigenvalue weighted by molar-refractivity contribution is 0.603. The van der Waals surface area contributed by atoms with Crippen LogP contribution in [0.25, 0.3) is 10.2 Å². The highest BCUT2D eigenvalue weighted by Gasteiger charge is 2.10. The number of hydrogen-bond acceptors (Lipinski definition) is 6. The summed E-state index contributed by atoms with van der Waals surface area (Å²) in [6.45, 7) is 0.677. The van der Waals surface area contributed by atoms with Crippen molar-refractivity contribution in [1.82, 2.24) is 25.2 Å². The number of thiazole rings is 1. The number of nitrogens with zero attached hydrogens (tertiary/aromatic N) is 5. The maximum atomic E-state index is 4.65. The Balaban J connectivity index is 1.48. The Morgan fingerprint density at radius 3 is 2.70 bits per heavy atom. The molecule has 114 valence electrons. The highest BCUT2D eigenvalue weighted by molar-refractivity contribution is 7.98. The van der Waals surface area contributed by atoms with Gasteiger partial charge < -0.3 is 0 Å². The molecule has 2 heterocycles. The van der Waals surface area contributed by atoms with E-state index in [1.165, 1.54) is 10.3 Å². The van der Waals surface area contributed by atoms with Crippen LogP contribution in [0.1, 0.15) is 10.6 Å². The number of thioether (sulfide) groups is 1. The van der Waals surface area contributed by atoms with E-state index in [9.17, 15) is 0 Å². The number of tetrazole rings is 1. The Morgan fingerprint density at radius 1 is 1.00 bits per heavy atom. The van der Waals surface area contributed by atoms with Gasteiger partial charge in [-0.25, -0.2) is 9.67 Å². The Morgan fingerprint density at radius 2 is 1.83 bits per heavy atom. The molecule has 4 aromatic rings. The second-order valence-corrected chi connectivity index (χ2v) is 7.03. The van der Waals surface area contributed by atoms with Crippen LogP contribution < -0.4 is 0 Å². The summed E-state index contributed by atoms with van der Waals surface area (Å²) in [5.74, 6) is 0.772. The summed E-state index contributed by atoms with van der Waals surface area (Å²) < 4.78 is 3.04. The van der Waals surface area contributed by atoms with E-state index in [2.05, 4.69) is 38.7 Å². The van der Waals surface area contributed by atoms with Crippen molar-refractivity contribution in [1.29, 1.82) is 0 Å². The topological polar surface area (TPSA) is 56.5 Å². The molecule has 5 nitrogen and oxygen atoms in total. The van der Waals surface area contributed by atoms with Crippen LogP contribution in [0.5, 0.6) is 0 Å². The van der Waals surface area contributed by atoms with Crippen LogP contribution in [-0.2, 0) is 12.3 Å². The molecule has 2 aromatic heterocycles. The number of rotatable bonds is 5. The molecule has 0 atom stereocenters. The molecule has 7 heteroatoms. The molecule has 0 spiro atoms. The predicted molar refractivity (Wildman–Crippen MR) is 92.5 cm³/mol. The van der Waals surface area contributed by atoms with Gasteiger partial charge in [0.15, 0.2) is 0 Å². The Labute approximate surface area is 141 Å². The van der Waals surface area contributed by atoms with E-state index >= 15 is 0 Å². The minimum atomic E-state index is 0.677. The van der Waals surface area contributed by atoms with Crippen LogP contribution in [0.15, 0.2) is 59.8 Å². The summed E-state index contributed by atoms with van der Waals surface area (Å²) in [7, 11) is 0. The highest BCUT2D eigenvalue weighted by Crippen LogP contribution is 2.27. The number of aromatic nitrogens is 5. The van der Waals surface area contributed by atoms with Gasteiger partial charge in [0.25, 0.3) is 0 Å². The van der Waals surface area contributed by atoms with E-state index in [1.54, 1.807) is 23.1 Å². The molecule has 4 rings (SSSR count). The lowest BCUT2D eigenvalue weighted by Crippen LogP contribution is -2.03. The fourth-order valence-electron chi connectivity index (χ4n) is 2.26. The number of hydrogen-bond donors (Lipinski definition) is 0. The first-order valence-electron chi connectivity index (χ1n) is 7.16. The molecular weight excluding hydrogens is 326 g/mol. The predicted octanol–water partition coefficient (Wildman–Crippen LogP) is 3.62. The lowest BCUT2D eigenvalue weighted by Gasteiger charge is -2.03. The molecule has 0 bridgehead atoms. The summed E-state index contributed by atoms with van der Waals surface area (Å²) >= 11 is 3.34. The van der Waals surface area contributed by atoms with Crippen molar-refractivity contribution < 1.29 is 0 Å². The fourth-order valence-corrected chi connectivity index (χ4v) is 4.10. The van der Waals surface area contributed by atoms with Crippen LogP contribution in [-0.4, -0.2) is 25.2 Å². The van der Waals surface area contributed by atoms with Crippen LogP contribution in [0.4, 0.5) is 0 Å². The SMILES string of the molecule is c1ccc(Cn2nnnc2SCc2nc3ccccc3s2)cc1. The third-order valence-corrected chi connectivity index (χ3v) is 5.52. The average Bonchev–Trinajstić information content (AvgIpc) is 3.20. The zero-order valence-corrected chi connectivity index (χ0v) is 13.8. The lowest BCUT2D eigenvalue weighted by atomic mass is 10.2. The first kappa shape index (κ1) is 14.3. The molecule has 23 heavy (non-hydrogen) atoms. The van der Waals surface area contributed by atoms with Gasteiger partial charge in [0.05, 0.1) is 22.5 Å². The number of benzene rings is 2. The van der Waals surface area contributed by atoms with E-state index in [1.807, 2.05) is 41.1 Å². The standard InChI is InChI=1S/C16H13N5S2/c1-2-6-12(7-3-1)10-21-16(18-19-20-21)22-11-15-17-13-8-4-5-9-14(13)23-15/h1-9H,10-11H2. The molecule has 0 unspecified atom stereocenters. The van der Waals surface area contributed by atoms with Crippen molar-refractivity contribution >= 4 is 33.3 Å². The second-order valence-electron chi connectivity index (χ2n) is 4.97. The van der Waals surface area contributed by atoms with Crippen molar-refractivity contribution in [2.75, 3.05) is 0 Å². The van der Waals surface area contributed by atoms with Gasteiger partial charge in [0, 0.05) is 0 Å². The summed E-state index contributed by atoms with van der Waals surface area (Å²) in [6, 6.07) is 18.4. The normalized spacial score (nSPS) is 11.1. The molecular formula is C16H13N5S2. The average molecular weight is 339 g/mol. The first-order valence-corrected chi connectivity index (χ1v) is 8.96. The van der Waals surface area contributed by atoms with E-state index in [-0.39, 0.29) is 0 Å². The largest absolute Gasteiger partial charge is 0.240 e. The van der Waals surface area contributed by atoms with Gasteiger partial charge in [-0.1, -0.05) is 54.2 Å². The van der Waals surface area contributed by atoms with Crippen LogP contribution in [0.3, 0.4) is 0 Å². The molecule has 0 fully saturated rings. The van der Waals surface area contributed by atoms with Gasteiger partial charge in [-0.2, -0.15) is 0 Å². The maximum Gasteiger partial charge on any atom is 0.210 e. The first-order chi connectivity index (χ1) is 11.4. The van der Waals surface area contributed by atoms with E-state index in [0.717, 1.165) is 21.4 Å². The van der Waals surface area contributed by atoms with Crippen LogP contribution >= 0.6 is 23.1 Å². The fraction of sp³-hybridized carbons (Fsp3) is 0.125. The summed E-state index contributed by atoms with van der Waals surface area (Å²) in [5, 5.41) is 13.9. The van der Waals surface area contributed by atoms with Crippen molar-refractivity contribution in [3.63, 3.8) is 0 Å². The second kappa shape index (κ2) is 6.47. The monoisotopic (exact) mass is 339 g/mol. The molecule has 2 aromatic carbocycles. The molecule has 0 aliphatic carbocycles. The van der Waals surface area contributed by atoms with Gasteiger partial charge in [-0.15, -0.1) is 16.4 Å². The zero-order chi connectivity index (χ0) is 15.5. The summed E-state index contributed by atoms with van der Waals surface area (Å²) in [6.07, 6.45) is 0. The molecule has 0 N–H and O–H groups in total. The third-order valence-electron chi connectivity index (χ3n) is 3.34. The minimum absolute atomic E-state index is 0.677. The molecule has 0 saturated heterocycles. The van der Waals surface area contributed by atoms with Crippen LogP contribution in [0, 0.1) is 0 Å². The molecule has 0 saturated carbocycles. The highest BCUT2D eigenvalue weighted by atomic mass is 32.2. The molecule has 0 aliphatic rings. The number of para-hydroxylation sites is 1.